The lowest BCUT2D eigenvalue weighted by Gasteiger charge is -2.04. The van der Waals surface area contributed by atoms with Gasteiger partial charge in [0.1, 0.15) is 0 Å². The first-order chi connectivity index (χ1) is 9.00. The molecule has 6 nitrogen and oxygen atoms in total. The van der Waals surface area contributed by atoms with Gasteiger partial charge in [0.2, 0.25) is 0 Å². The predicted molar refractivity (Wildman–Crippen MR) is 71.1 cm³/mol. The molecule has 0 saturated carbocycles. The van der Waals surface area contributed by atoms with Crippen LogP contribution in [0.4, 0.5) is 5.69 Å². The topological polar surface area (TPSA) is 95.8 Å². The first kappa shape index (κ1) is 13.2. The number of nitrogens with zero attached hydrogens (tertiary/aromatic N) is 1. The summed E-state index contributed by atoms with van der Waals surface area (Å²) in [5.74, 6) is 0. The van der Waals surface area contributed by atoms with Crippen LogP contribution in [0, 0.1) is 4.91 Å². The Hall–Kier alpha value is -2.25. The van der Waals surface area contributed by atoms with Gasteiger partial charge in [-0.2, -0.15) is 8.42 Å². The van der Waals surface area contributed by atoms with Gasteiger partial charge in [-0.05, 0) is 35.4 Å². The first-order valence-corrected chi connectivity index (χ1v) is 6.71. The van der Waals surface area contributed by atoms with Crippen LogP contribution in [0.5, 0.6) is 0 Å². The molecular formula is C12H10N2O4S. The van der Waals surface area contributed by atoms with Gasteiger partial charge >= 0.3 is 0 Å². The van der Waals surface area contributed by atoms with E-state index in [1.165, 1.54) is 12.1 Å². The van der Waals surface area contributed by atoms with Gasteiger partial charge in [-0.3, -0.25) is 4.55 Å². The van der Waals surface area contributed by atoms with Gasteiger partial charge < -0.3 is 0 Å². The Bertz CT molecular complexity index is 679. The fourth-order valence-electron chi connectivity index (χ4n) is 1.61. The summed E-state index contributed by atoms with van der Waals surface area (Å²) in [4.78, 5) is 9.87. The number of nitrogens with one attached hydrogen (secondary N) is 1. The van der Waals surface area contributed by atoms with Crippen molar-refractivity contribution in [2.45, 2.75) is 4.90 Å². The maximum absolute atomic E-state index is 10.9. The molecule has 2 aromatic rings. The molecule has 0 atom stereocenters. The number of nitroso groups, excluding NO2 is 1. The molecule has 7 heteroatoms. The molecule has 0 aliphatic rings. The van der Waals surface area contributed by atoms with E-state index < -0.39 is 10.1 Å². The summed E-state index contributed by atoms with van der Waals surface area (Å²) < 4.78 is 30.7. The lowest BCUT2D eigenvalue weighted by Crippen LogP contribution is -1.97. The van der Waals surface area contributed by atoms with Crippen LogP contribution in [-0.2, 0) is 10.1 Å². The summed E-state index contributed by atoms with van der Waals surface area (Å²) in [6.07, 6.45) is 0. The number of benzene rings is 2. The maximum atomic E-state index is 10.9. The van der Waals surface area contributed by atoms with Gasteiger partial charge in [-0.15, -0.1) is 4.91 Å². The molecule has 98 valence electrons. The average Bonchev–Trinajstić information content (AvgIpc) is 2.39. The SMILES string of the molecule is O=NNc1ccc(-c2ccc(S(=O)(=O)O)cc2)cc1. The van der Waals surface area contributed by atoms with Crippen molar-refractivity contribution in [1.82, 2.24) is 0 Å². The fourth-order valence-corrected chi connectivity index (χ4v) is 2.09. The van der Waals surface area contributed by atoms with Gasteiger partial charge in [0, 0.05) is 0 Å². The predicted octanol–water partition coefficient (Wildman–Crippen LogP) is 2.69. The zero-order chi connectivity index (χ0) is 13.9. The van der Waals surface area contributed by atoms with Gasteiger partial charge in [-0.25, -0.2) is 5.43 Å². The van der Waals surface area contributed by atoms with Crippen LogP contribution in [-0.4, -0.2) is 13.0 Å². The van der Waals surface area contributed by atoms with Crippen LogP contribution in [0.3, 0.4) is 0 Å². The van der Waals surface area contributed by atoms with Crippen LogP contribution in [0.2, 0.25) is 0 Å². The van der Waals surface area contributed by atoms with Crippen molar-refractivity contribution in [3.05, 3.63) is 53.4 Å². The molecule has 0 unspecified atom stereocenters. The third kappa shape index (κ3) is 3.15. The van der Waals surface area contributed by atoms with Crippen molar-refractivity contribution in [3.63, 3.8) is 0 Å². The van der Waals surface area contributed by atoms with Gasteiger partial charge in [-0.1, -0.05) is 24.3 Å². The highest BCUT2D eigenvalue weighted by Crippen LogP contribution is 2.23. The van der Waals surface area contributed by atoms with Crippen molar-refractivity contribution in [2.75, 3.05) is 5.43 Å². The molecule has 0 bridgehead atoms. The normalized spacial score (nSPS) is 11.0. The monoisotopic (exact) mass is 278 g/mol. The summed E-state index contributed by atoms with van der Waals surface area (Å²) >= 11 is 0. The lowest BCUT2D eigenvalue weighted by atomic mass is 10.1. The van der Waals surface area contributed by atoms with E-state index >= 15 is 0 Å². The molecule has 0 spiro atoms. The Balaban J connectivity index is 2.29. The van der Waals surface area contributed by atoms with E-state index in [2.05, 4.69) is 10.7 Å². The first-order valence-electron chi connectivity index (χ1n) is 5.27. The Labute approximate surface area is 109 Å². The number of rotatable bonds is 4. The quantitative estimate of drug-likeness (QED) is 0.509. The van der Waals surface area contributed by atoms with Gasteiger partial charge in [0.25, 0.3) is 10.1 Å². The zero-order valence-corrected chi connectivity index (χ0v) is 10.5. The van der Waals surface area contributed by atoms with Crippen LogP contribution in [0.15, 0.2) is 58.7 Å². The average molecular weight is 278 g/mol. The van der Waals surface area contributed by atoms with Crippen LogP contribution < -0.4 is 5.43 Å². The molecule has 0 aliphatic heterocycles. The van der Waals surface area contributed by atoms with E-state index in [1.54, 1.807) is 36.4 Å². The highest BCUT2D eigenvalue weighted by Gasteiger charge is 2.08. The Morgan fingerprint density at radius 3 is 1.79 bits per heavy atom. The molecule has 2 N–H and O–H groups in total. The molecule has 0 amide bonds. The number of anilines is 1. The Morgan fingerprint density at radius 1 is 0.895 bits per heavy atom. The van der Waals surface area contributed by atoms with E-state index in [-0.39, 0.29) is 4.90 Å². The molecule has 0 fully saturated rings. The summed E-state index contributed by atoms with van der Waals surface area (Å²) in [6, 6.07) is 12.7. The largest absolute Gasteiger partial charge is 0.294 e. The van der Waals surface area contributed by atoms with Crippen LogP contribution in [0.25, 0.3) is 11.1 Å². The van der Waals surface area contributed by atoms with Gasteiger partial charge in [0.05, 0.1) is 15.9 Å². The fraction of sp³-hybridized carbons (Fsp3) is 0. The van der Waals surface area contributed by atoms with E-state index in [0.717, 1.165) is 11.1 Å². The minimum absolute atomic E-state index is 0.153. The Kier molecular flexibility index (Phi) is 3.59. The standard InChI is InChI=1S/C12H10N2O4S/c15-14-13-11-5-1-9(2-6-11)10-3-7-12(8-4-10)19(16,17)18/h1-8H,(H,13,15)(H,16,17,18). The smallest absolute Gasteiger partial charge is 0.282 e. The van der Waals surface area contributed by atoms with E-state index in [1.807, 2.05) is 0 Å². The zero-order valence-electron chi connectivity index (χ0n) is 9.65. The van der Waals surface area contributed by atoms with Crippen molar-refractivity contribution >= 4 is 15.8 Å². The minimum Gasteiger partial charge on any atom is -0.282 e. The summed E-state index contributed by atoms with van der Waals surface area (Å²) in [7, 11) is -4.17. The molecule has 0 aromatic heterocycles. The van der Waals surface area contributed by atoms with Crippen molar-refractivity contribution in [1.29, 1.82) is 0 Å². The highest BCUT2D eigenvalue weighted by atomic mass is 32.2. The van der Waals surface area contributed by atoms with Crippen molar-refractivity contribution in [3.8, 4) is 11.1 Å². The molecule has 0 radical (unpaired) electrons. The minimum atomic E-state index is -4.17. The molecule has 2 rings (SSSR count). The molecule has 0 aliphatic carbocycles. The lowest BCUT2D eigenvalue weighted by molar-refractivity contribution is 0.483. The van der Waals surface area contributed by atoms with Crippen molar-refractivity contribution < 1.29 is 13.0 Å². The van der Waals surface area contributed by atoms with E-state index in [9.17, 15) is 13.3 Å². The number of hydrogen-bond donors (Lipinski definition) is 2. The number of hydrogen-bond acceptors (Lipinski definition) is 4. The second-order valence-corrected chi connectivity index (χ2v) is 5.20. The second-order valence-electron chi connectivity index (χ2n) is 3.78. The van der Waals surface area contributed by atoms with Crippen LogP contribution in [0.1, 0.15) is 0 Å². The van der Waals surface area contributed by atoms with Crippen LogP contribution >= 0.6 is 0 Å². The van der Waals surface area contributed by atoms with Crippen molar-refractivity contribution in [2.24, 2.45) is 5.29 Å². The van der Waals surface area contributed by atoms with E-state index in [0.29, 0.717) is 5.69 Å². The highest BCUT2D eigenvalue weighted by molar-refractivity contribution is 7.85. The maximum Gasteiger partial charge on any atom is 0.294 e. The van der Waals surface area contributed by atoms with E-state index in [4.69, 9.17) is 4.55 Å². The summed E-state index contributed by atoms with van der Waals surface area (Å²) in [5, 5.41) is 2.55. The molecule has 0 saturated heterocycles. The summed E-state index contributed by atoms with van der Waals surface area (Å²) in [5.41, 5.74) is 4.47. The molecule has 19 heavy (non-hydrogen) atoms. The second kappa shape index (κ2) is 5.17. The molecule has 2 aromatic carbocycles. The summed E-state index contributed by atoms with van der Waals surface area (Å²) in [6.45, 7) is 0. The third-order valence-electron chi connectivity index (χ3n) is 2.55. The Morgan fingerprint density at radius 2 is 1.37 bits per heavy atom. The third-order valence-corrected chi connectivity index (χ3v) is 3.41. The molecular weight excluding hydrogens is 268 g/mol. The molecule has 0 heterocycles. The van der Waals surface area contributed by atoms with Gasteiger partial charge in [0.15, 0.2) is 0 Å².